The van der Waals surface area contributed by atoms with Gasteiger partial charge in [0.15, 0.2) is 11.6 Å². The van der Waals surface area contributed by atoms with Gasteiger partial charge in [0, 0.05) is 29.3 Å². The number of anilines is 1. The molecule has 1 atom stereocenters. The van der Waals surface area contributed by atoms with E-state index in [9.17, 15) is 23.6 Å². The van der Waals surface area contributed by atoms with E-state index < -0.39 is 23.3 Å². The van der Waals surface area contributed by atoms with E-state index in [2.05, 4.69) is 20.9 Å². The fourth-order valence-electron chi connectivity index (χ4n) is 4.82. The number of amides is 2. The molecule has 9 nitrogen and oxygen atoms in total. The normalized spacial score (nSPS) is 11.7. The smallest absolute Gasteiger partial charge is 0.294 e. The number of hydrogen-bond acceptors (Lipinski definition) is 6. The van der Waals surface area contributed by atoms with Gasteiger partial charge in [-0.25, -0.2) is 9.37 Å². The van der Waals surface area contributed by atoms with Crippen LogP contribution in [0, 0.1) is 12.7 Å². The maximum absolute atomic E-state index is 14.0. The summed E-state index contributed by atoms with van der Waals surface area (Å²) in [4.78, 5) is 56.9. The first-order valence-electron chi connectivity index (χ1n) is 14.3. The fraction of sp³-hybridized carbons (Fsp3) is 0.265. The molecule has 0 aliphatic rings. The number of rotatable bonds is 10. The molecule has 4 aromatic rings. The highest BCUT2D eigenvalue weighted by atomic mass is 19.1. The molecule has 3 N–H and O–H groups in total. The minimum absolute atomic E-state index is 0.0367. The number of carbonyl (C=O) groups excluding carboxylic acids is 3. The second-order valence-electron chi connectivity index (χ2n) is 10.9. The molecule has 10 heteroatoms. The number of likely N-dealkylation sites (N-methyl/N-ethyl adjacent to an activating group) is 1. The van der Waals surface area contributed by atoms with Crippen molar-refractivity contribution >= 4 is 23.4 Å². The maximum Gasteiger partial charge on any atom is 0.294 e. The van der Waals surface area contributed by atoms with E-state index in [0.29, 0.717) is 39.1 Å². The Morgan fingerprint density at radius 3 is 2.30 bits per heavy atom. The average molecular weight is 598 g/mol. The van der Waals surface area contributed by atoms with Crippen LogP contribution in [0.25, 0.3) is 11.3 Å². The van der Waals surface area contributed by atoms with Crippen LogP contribution in [0.15, 0.2) is 71.7 Å². The number of carbonyl (C=O) groups is 3. The van der Waals surface area contributed by atoms with E-state index in [-0.39, 0.29) is 30.0 Å². The van der Waals surface area contributed by atoms with E-state index in [4.69, 9.17) is 0 Å². The molecule has 3 aromatic carbocycles. The van der Waals surface area contributed by atoms with E-state index in [1.54, 1.807) is 58.3 Å². The van der Waals surface area contributed by atoms with Crippen molar-refractivity contribution in [3.63, 3.8) is 0 Å². The highest BCUT2D eigenvalue weighted by Crippen LogP contribution is 2.27. The zero-order valence-corrected chi connectivity index (χ0v) is 25.6. The summed E-state index contributed by atoms with van der Waals surface area (Å²) >= 11 is 0. The molecule has 228 valence electrons. The molecule has 1 unspecified atom stereocenters. The van der Waals surface area contributed by atoms with Gasteiger partial charge >= 0.3 is 0 Å². The lowest BCUT2D eigenvalue weighted by molar-refractivity contribution is -0.117. The minimum Gasteiger partial charge on any atom is -0.355 e. The number of halogens is 1. The molecular weight excluding hydrogens is 561 g/mol. The zero-order chi connectivity index (χ0) is 32.1. The third kappa shape index (κ3) is 6.81. The molecular formula is C34H36FN5O4. The van der Waals surface area contributed by atoms with Gasteiger partial charge in [0.25, 0.3) is 11.5 Å². The Labute approximate surface area is 255 Å². The number of ketones is 1. The van der Waals surface area contributed by atoms with Gasteiger partial charge in [-0.3, -0.25) is 23.7 Å². The molecule has 0 saturated carbocycles. The van der Waals surface area contributed by atoms with Crippen LogP contribution in [0.1, 0.15) is 69.7 Å². The summed E-state index contributed by atoms with van der Waals surface area (Å²) in [6, 6.07) is 15.4. The van der Waals surface area contributed by atoms with Gasteiger partial charge < -0.3 is 16.0 Å². The van der Waals surface area contributed by atoms with Gasteiger partial charge in [-0.15, -0.1) is 0 Å². The summed E-state index contributed by atoms with van der Waals surface area (Å²) < 4.78 is 15.0. The Hall–Kier alpha value is -4.96. The van der Waals surface area contributed by atoms with Crippen molar-refractivity contribution in [2.24, 2.45) is 0 Å². The van der Waals surface area contributed by atoms with Crippen molar-refractivity contribution in [2.45, 2.75) is 46.2 Å². The lowest BCUT2D eigenvalue weighted by Gasteiger charge is -2.19. The molecule has 0 fully saturated rings. The van der Waals surface area contributed by atoms with Crippen LogP contribution in [0.3, 0.4) is 0 Å². The van der Waals surface area contributed by atoms with Gasteiger partial charge in [0.2, 0.25) is 5.91 Å². The van der Waals surface area contributed by atoms with Crippen molar-refractivity contribution in [1.82, 2.24) is 20.2 Å². The first-order chi connectivity index (χ1) is 20.9. The monoisotopic (exact) mass is 597 g/mol. The Kier molecular flexibility index (Phi) is 9.85. The van der Waals surface area contributed by atoms with Crippen LogP contribution >= 0.6 is 0 Å². The molecule has 1 aromatic heterocycles. The lowest BCUT2D eigenvalue weighted by atomic mass is 9.94. The molecule has 1 heterocycles. The number of hydrogen-bond donors (Lipinski definition) is 3. The highest BCUT2D eigenvalue weighted by Gasteiger charge is 2.21. The molecule has 2 amide bonds. The van der Waals surface area contributed by atoms with Crippen molar-refractivity contribution < 1.29 is 18.8 Å². The SMILES string of the molecule is CNC(=O)c1cccc(-c2cnc(NC(=O)C(C)NC)c(=O)n2Cc2cc(C(=O)c3ccc(F)cc3)cc(C(C)C)c2)c1C. The summed E-state index contributed by atoms with van der Waals surface area (Å²) in [6.07, 6.45) is 1.49. The molecule has 44 heavy (non-hydrogen) atoms. The summed E-state index contributed by atoms with van der Waals surface area (Å²) in [6.45, 7) is 7.48. The average Bonchev–Trinajstić information content (AvgIpc) is 3.02. The summed E-state index contributed by atoms with van der Waals surface area (Å²) in [7, 11) is 3.18. The van der Waals surface area contributed by atoms with Crippen molar-refractivity contribution in [1.29, 1.82) is 0 Å². The number of nitrogens with zero attached hydrogens (tertiary/aromatic N) is 2. The summed E-state index contributed by atoms with van der Waals surface area (Å²) in [5.41, 5.74) is 3.86. The fourth-order valence-corrected chi connectivity index (χ4v) is 4.82. The molecule has 0 aliphatic heterocycles. The Morgan fingerprint density at radius 2 is 1.66 bits per heavy atom. The van der Waals surface area contributed by atoms with Crippen LogP contribution in [-0.4, -0.2) is 47.3 Å². The minimum atomic E-state index is -0.571. The number of nitrogens with one attached hydrogen (secondary N) is 3. The molecule has 0 saturated heterocycles. The Balaban J connectivity index is 1.90. The zero-order valence-electron chi connectivity index (χ0n) is 25.6. The van der Waals surface area contributed by atoms with Gasteiger partial charge in [0.05, 0.1) is 24.5 Å². The van der Waals surface area contributed by atoms with E-state index in [1.165, 1.54) is 35.0 Å². The van der Waals surface area contributed by atoms with E-state index in [0.717, 1.165) is 5.56 Å². The second-order valence-corrected chi connectivity index (χ2v) is 10.9. The molecule has 0 radical (unpaired) electrons. The third-order valence-corrected chi connectivity index (χ3v) is 7.59. The highest BCUT2D eigenvalue weighted by molar-refractivity contribution is 6.09. The van der Waals surface area contributed by atoms with Crippen LogP contribution in [0.5, 0.6) is 0 Å². The number of aromatic nitrogens is 2. The molecule has 0 aliphatic carbocycles. The van der Waals surface area contributed by atoms with Crippen LogP contribution in [-0.2, 0) is 11.3 Å². The molecule has 0 bridgehead atoms. The first kappa shape index (κ1) is 32.0. The number of benzene rings is 3. The largest absolute Gasteiger partial charge is 0.355 e. The lowest BCUT2D eigenvalue weighted by Crippen LogP contribution is -2.38. The van der Waals surface area contributed by atoms with Crippen LogP contribution < -0.4 is 21.5 Å². The van der Waals surface area contributed by atoms with E-state index >= 15 is 0 Å². The predicted octanol–water partition coefficient (Wildman–Crippen LogP) is 4.67. The summed E-state index contributed by atoms with van der Waals surface area (Å²) in [5.74, 6) is -1.51. The molecule has 4 rings (SSSR count). The van der Waals surface area contributed by atoms with Gasteiger partial charge in [-0.1, -0.05) is 32.0 Å². The van der Waals surface area contributed by atoms with Crippen molar-refractivity contribution in [3.8, 4) is 11.3 Å². The van der Waals surface area contributed by atoms with Crippen LogP contribution in [0.4, 0.5) is 10.2 Å². The maximum atomic E-state index is 14.0. The quantitative estimate of drug-likeness (QED) is 0.229. The third-order valence-electron chi connectivity index (χ3n) is 7.59. The molecule has 0 spiro atoms. The second kappa shape index (κ2) is 13.6. The van der Waals surface area contributed by atoms with Gasteiger partial charge in [-0.05, 0) is 86.0 Å². The van der Waals surface area contributed by atoms with Crippen molar-refractivity contribution in [3.05, 3.63) is 116 Å². The topological polar surface area (TPSA) is 122 Å². The van der Waals surface area contributed by atoms with Crippen molar-refractivity contribution in [2.75, 3.05) is 19.4 Å². The van der Waals surface area contributed by atoms with E-state index in [1.807, 2.05) is 19.9 Å². The van der Waals surface area contributed by atoms with Crippen LogP contribution in [0.2, 0.25) is 0 Å². The first-order valence-corrected chi connectivity index (χ1v) is 14.3. The summed E-state index contributed by atoms with van der Waals surface area (Å²) in [5, 5.41) is 8.08. The Bertz CT molecular complexity index is 1780. The Morgan fingerprint density at radius 1 is 0.955 bits per heavy atom. The standard InChI is InChI=1S/C34H36FN5O4/c1-19(2)24-14-22(15-25(16-24)30(41)23-10-12-26(35)13-11-23)18-40-29(27-8-7-9-28(20(27)3)33(43)37-6)17-38-31(34(40)44)39-32(42)21(4)36-5/h7-17,19,21,36H,18H2,1-6H3,(H,37,43)(H,38,39,42). The predicted molar refractivity (Wildman–Crippen MR) is 169 cm³/mol. The van der Waals surface area contributed by atoms with Gasteiger partial charge in [0.1, 0.15) is 5.82 Å². The van der Waals surface area contributed by atoms with Gasteiger partial charge in [-0.2, -0.15) is 0 Å².